The molecule has 1 amide bonds. The van der Waals surface area contributed by atoms with E-state index in [9.17, 15) is 4.79 Å². The maximum absolute atomic E-state index is 12.9. The third-order valence-corrected chi connectivity index (χ3v) is 4.66. The normalized spacial score (nSPS) is 16.6. The van der Waals surface area contributed by atoms with Crippen molar-refractivity contribution in [2.75, 3.05) is 33.4 Å². The van der Waals surface area contributed by atoms with Crippen LogP contribution in [0.2, 0.25) is 0 Å². The van der Waals surface area contributed by atoms with Crippen LogP contribution in [0.25, 0.3) is 5.69 Å². The van der Waals surface area contributed by atoms with E-state index in [4.69, 9.17) is 4.74 Å². The summed E-state index contributed by atoms with van der Waals surface area (Å²) in [6.07, 6.45) is 4.50. The second-order valence-corrected chi connectivity index (χ2v) is 6.38. The molecular weight excluding hydrogens is 316 g/mol. The Bertz CT molecular complexity index is 663. The average Bonchev–Trinajstić information content (AvgIpc) is 3.18. The molecule has 134 valence electrons. The van der Waals surface area contributed by atoms with Gasteiger partial charge in [-0.25, -0.2) is 4.68 Å². The van der Waals surface area contributed by atoms with Gasteiger partial charge in [0.2, 0.25) is 5.91 Å². The van der Waals surface area contributed by atoms with Crippen LogP contribution in [0.4, 0.5) is 0 Å². The van der Waals surface area contributed by atoms with Crippen molar-refractivity contribution in [3.8, 4) is 5.69 Å². The number of carbonyl (C=O) groups excluding carboxylic acids is 1. The van der Waals surface area contributed by atoms with Gasteiger partial charge >= 0.3 is 0 Å². The van der Waals surface area contributed by atoms with Crippen molar-refractivity contribution in [2.24, 2.45) is 0 Å². The second kappa shape index (κ2) is 8.27. The number of ether oxygens (including phenoxy) is 1. The summed E-state index contributed by atoms with van der Waals surface area (Å²) < 4.78 is 7.22. The van der Waals surface area contributed by atoms with Crippen molar-refractivity contribution in [3.05, 3.63) is 48.3 Å². The molecule has 0 saturated carbocycles. The maximum Gasteiger partial charge on any atom is 0.239 e. The first-order valence-electron chi connectivity index (χ1n) is 8.84. The van der Waals surface area contributed by atoms with Gasteiger partial charge in [0.15, 0.2) is 0 Å². The fourth-order valence-corrected chi connectivity index (χ4v) is 3.26. The highest BCUT2D eigenvalue weighted by Crippen LogP contribution is 2.14. The van der Waals surface area contributed by atoms with Crippen LogP contribution in [0.5, 0.6) is 0 Å². The van der Waals surface area contributed by atoms with Gasteiger partial charge in [0.25, 0.3) is 0 Å². The lowest BCUT2D eigenvalue weighted by Gasteiger charge is -2.35. The topological polar surface area (TPSA) is 50.6 Å². The smallest absolute Gasteiger partial charge is 0.239 e. The van der Waals surface area contributed by atoms with E-state index in [-0.39, 0.29) is 11.9 Å². The first kappa shape index (κ1) is 17.6. The predicted molar refractivity (Wildman–Crippen MR) is 96.5 cm³/mol. The summed E-state index contributed by atoms with van der Waals surface area (Å²) in [6, 6.07) is 10.0. The Hall–Kier alpha value is -2.18. The Balaban J connectivity index is 1.62. The third-order valence-electron chi connectivity index (χ3n) is 4.66. The molecule has 2 aromatic rings. The number of hydrogen-bond donors (Lipinski definition) is 0. The predicted octanol–water partition coefficient (Wildman–Crippen LogP) is 1.94. The number of hydrogen-bond acceptors (Lipinski definition) is 4. The van der Waals surface area contributed by atoms with Crippen LogP contribution in [0.15, 0.2) is 42.7 Å². The van der Waals surface area contributed by atoms with Crippen LogP contribution < -0.4 is 0 Å². The molecule has 25 heavy (non-hydrogen) atoms. The molecule has 0 spiro atoms. The lowest BCUT2D eigenvalue weighted by molar-refractivity contribution is -0.138. The number of benzene rings is 1. The summed E-state index contributed by atoms with van der Waals surface area (Å²) in [5.74, 6) is 0.181. The second-order valence-electron chi connectivity index (χ2n) is 6.38. The molecule has 0 unspecified atom stereocenters. The van der Waals surface area contributed by atoms with Gasteiger partial charge in [-0.05, 0) is 30.2 Å². The lowest BCUT2D eigenvalue weighted by Crippen LogP contribution is -2.51. The Morgan fingerprint density at radius 2 is 2.00 bits per heavy atom. The SMILES string of the molecule is CC[C@H](C(=O)N(C)Cc1ccc(-n2cccn2)cc1)N1CCOCC1. The lowest BCUT2D eigenvalue weighted by atomic mass is 10.1. The summed E-state index contributed by atoms with van der Waals surface area (Å²) in [5.41, 5.74) is 2.13. The van der Waals surface area contributed by atoms with Crippen LogP contribution in [0, 0.1) is 0 Å². The summed E-state index contributed by atoms with van der Waals surface area (Å²) in [4.78, 5) is 16.9. The molecule has 1 aliphatic rings. The van der Waals surface area contributed by atoms with Crippen LogP contribution in [-0.2, 0) is 16.1 Å². The molecule has 1 aromatic heterocycles. The van der Waals surface area contributed by atoms with Crippen molar-refractivity contribution < 1.29 is 9.53 Å². The summed E-state index contributed by atoms with van der Waals surface area (Å²) >= 11 is 0. The zero-order valence-corrected chi connectivity index (χ0v) is 15.0. The molecule has 6 heteroatoms. The van der Waals surface area contributed by atoms with Gasteiger partial charge in [0, 0.05) is 39.1 Å². The number of likely N-dealkylation sites (N-methyl/N-ethyl adjacent to an activating group) is 1. The Morgan fingerprint density at radius 1 is 1.28 bits per heavy atom. The molecule has 1 aliphatic heterocycles. The first-order valence-corrected chi connectivity index (χ1v) is 8.84. The monoisotopic (exact) mass is 342 g/mol. The largest absolute Gasteiger partial charge is 0.379 e. The van der Waals surface area contributed by atoms with E-state index in [0.717, 1.165) is 30.8 Å². The first-order chi connectivity index (χ1) is 12.2. The molecule has 3 rings (SSSR count). The minimum absolute atomic E-state index is 0.0581. The van der Waals surface area contributed by atoms with E-state index < -0.39 is 0 Å². The van der Waals surface area contributed by atoms with Gasteiger partial charge in [-0.15, -0.1) is 0 Å². The molecule has 6 nitrogen and oxygen atoms in total. The van der Waals surface area contributed by atoms with Crippen molar-refractivity contribution in [3.63, 3.8) is 0 Å². The minimum Gasteiger partial charge on any atom is -0.379 e. The number of aromatic nitrogens is 2. The molecule has 0 aliphatic carbocycles. The fourth-order valence-electron chi connectivity index (χ4n) is 3.26. The highest BCUT2D eigenvalue weighted by Gasteiger charge is 2.28. The quantitative estimate of drug-likeness (QED) is 0.805. The number of nitrogens with zero attached hydrogens (tertiary/aromatic N) is 4. The molecule has 2 heterocycles. The summed E-state index contributed by atoms with van der Waals surface area (Å²) in [6.45, 7) is 5.77. The number of carbonyl (C=O) groups is 1. The van der Waals surface area contributed by atoms with E-state index in [1.807, 2.05) is 41.0 Å². The standard InChI is InChI=1S/C19H26N4O2/c1-3-18(22-11-13-25-14-12-22)19(24)21(2)15-16-5-7-17(8-6-16)23-10-4-9-20-23/h4-10,18H,3,11-15H2,1-2H3/t18-/m1/s1. The van der Waals surface area contributed by atoms with E-state index >= 15 is 0 Å². The van der Waals surface area contributed by atoms with E-state index in [2.05, 4.69) is 29.1 Å². The van der Waals surface area contributed by atoms with Crippen LogP contribution in [0.3, 0.4) is 0 Å². The van der Waals surface area contributed by atoms with Gasteiger partial charge in [0.05, 0.1) is 24.9 Å². The van der Waals surface area contributed by atoms with Gasteiger partial charge in [-0.2, -0.15) is 5.10 Å². The maximum atomic E-state index is 12.9. The van der Waals surface area contributed by atoms with E-state index in [1.165, 1.54) is 0 Å². The van der Waals surface area contributed by atoms with Gasteiger partial charge in [-0.3, -0.25) is 9.69 Å². The number of morpholine rings is 1. The van der Waals surface area contributed by atoms with E-state index in [0.29, 0.717) is 19.8 Å². The fraction of sp³-hybridized carbons (Fsp3) is 0.474. The number of rotatable bonds is 6. The minimum atomic E-state index is -0.0581. The summed E-state index contributed by atoms with van der Waals surface area (Å²) in [5, 5.41) is 4.23. The summed E-state index contributed by atoms with van der Waals surface area (Å²) in [7, 11) is 1.88. The molecule has 1 saturated heterocycles. The highest BCUT2D eigenvalue weighted by molar-refractivity contribution is 5.81. The average molecular weight is 342 g/mol. The molecule has 1 fully saturated rings. The Morgan fingerprint density at radius 3 is 2.60 bits per heavy atom. The van der Waals surface area contributed by atoms with Crippen molar-refractivity contribution in [1.82, 2.24) is 19.6 Å². The molecule has 0 radical (unpaired) electrons. The molecule has 0 N–H and O–H groups in total. The van der Waals surface area contributed by atoms with E-state index in [1.54, 1.807) is 6.20 Å². The van der Waals surface area contributed by atoms with Crippen LogP contribution >= 0.6 is 0 Å². The molecular formula is C19H26N4O2. The molecule has 0 bridgehead atoms. The molecule has 1 aromatic carbocycles. The van der Waals surface area contributed by atoms with Gasteiger partial charge in [0.1, 0.15) is 0 Å². The third kappa shape index (κ3) is 4.27. The number of amides is 1. The molecule has 1 atom stereocenters. The van der Waals surface area contributed by atoms with Crippen LogP contribution in [-0.4, -0.2) is 64.9 Å². The van der Waals surface area contributed by atoms with Crippen molar-refractivity contribution in [2.45, 2.75) is 25.9 Å². The zero-order chi connectivity index (χ0) is 17.6. The highest BCUT2D eigenvalue weighted by atomic mass is 16.5. The van der Waals surface area contributed by atoms with Crippen molar-refractivity contribution in [1.29, 1.82) is 0 Å². The van der Waals surface area contributed by atoms with Crippen LogP contribution in [0.1, 0.15) is 18.9 Å². The Labute approximate surface area is 149 Å². The van der Waals surface area contributed by atoms with Crippen molar-refractivity contribution >= 4 is 5.91 Å². The Kier molecular flexibility index (Phi) is 5.83. The van der Waals surface area contributed by atoms with Gasteiger partial charge < -0.3 is 9.64 Å². The zero-order valence-electron chi connectivity index (χ0n) is 15.0. The van der Waals surface area contributed by atoms with Gasteiger partial charge in [-0.1, -0.05) is 19.1 Å².